The third kappa shape index (κ3) is 9.36. The first-order chi connectivity index (χ1) is 19.2. The van der Waals surface area contributed by atoms with Crippen molar-refractivity contribution < 1.29 is 46.1 Å². The van der Waals surface area contributed by atoms with Gasteiger partial charge in [-0.05, 0) is 73.9 Å². The molecule has 0 saturated heterocycles. The molecule has 7 nitrogen and oxygen atoms in total. The van der Waals surface area contributed by atoms with Crippen LogP contribution >= 0.6 is 0 Å². The molecule has 0 aromatic heterocycles. The smallest absolute Gasteiger partial charge is 0.400 e. The molecule has 0 aliphatic heterocycles. The molecule has 1 unspecified atom stereocenters. The van der Waals surface area contributed by atoms with Gasteiger partial charge in [-0.3, -0.25) is 0 Å². The monoisotopic (exact) mass is 584 g/mol. The Morgan fingerprint density at radius 3 is 2.12 bits per heavy atom. The third-order valence-electron chi connectivity index (χ3n) is 7.12. The first-order valence-corrected chi connectivity index (χ1v) is 13.2. The van der Waals surface area contributed by atoms with Crippen LogP contribution in [-0.4, -0.2) is 35.4 Å². The summed E-state index contributed by atoms with van der Waals surface area (Å²) >= 11 is 0. The van der Waals surface area contributed by atoms with Gasteiger partial charge < -0.3 is 26.0 Å². The molecule has 12 heteroatoms. The summed E-state index contributed by atoms with van der Waals surface area (Å²) in [5.41, 5.74) is 13.2. The van der Waals surface area contributed by atoms with Crippen LogP contribution in [0, 0.1) is 11.8 Å². The molecular weight excluding hydrogens is 551 g/mol. The molecule has 41 heavy (non-hydrogen) atoms. The van der Waals surface area contributed by atoms with Crippen LogP contribution in [0.5, 0.6) is 5.75 Å². The van der Waals surface area contributed by atoms with E-state index in [4.69, 9.17) is 26.0 Å². The second kappa shape index (κ2) is 13.2. The van der Waals surface area contributed by atoms with E-state index in [1.54, 1.807) is 6.92 Å². The summed E-state index contributed by atoms with van der Waals surface area (Å²) in [6.07, 6.45) is -6.13. The zero-order valence-electron chi connectivity index (χ0n) is 22.4. The van der Waals surface area contributed by atoms with Crippen LogP contribution in [0.25, 0.3) is 6.08 Å². The summed E-state index contributed by atoms with van der Waals surface area (Å²) in [7, 11) is 0. The van der Waals surface area contributed by atoms with Crippen LogP contribution in [0.15, 0.2) is 42.5 Å². The number of carboxylic acid groups (broad SMARTS) is 1. The van der Waals surface area contributed by atoms with Gasteiger partial charge in [0.25, 0.3) is 0 Å². The van der Waals surface area contributed by atoms with E-state index in [9.17, 15) is 31.5 Å². The van der Waals surface area contributed by atoms with Crippen molar-refractivity contribution in [1.29, 1.82) is 0 Å². The predicted molar refractivity (Wildman–Crippen MR) is 143 cm³/mol. The lowest BCUT2D eigenvalue weighted by atomic mass is 9.80. The molecule has 5 N–H and O–H groups in total. The first kappa shape index (κ1) is 31.7. The largest absolute Gasteiger partial charge is 0.478 e. The molecular formula is C29H33F5N2O5. The number of carboxylic acids is 1. The SMILES string of the molecule is CCC(Cc1c(N)cc(C(=O)O)cc1N)OC(=O)C=Cc1ccc(OC(F)(F)C2CCC(CC(F)(F)F)CC2)cc1. The van der Waals surface area contributed by atoms with Crippen molar-refractivity contribution in [2.75, 3.05) is 11.5 Å². The molecule has 0 bridgehead atoms. The van der Waals surface area contributed by atoms with E-state index in [0.29, 0.717) is 17.5 Å². The van der Waals surface area contributed by atoms with Crippen molar-refractivity contribution in [3.63, 3.8) is 0 Å². The molecule has 0 heterocycles. The zero-order valence-corrected chi connectivity index (χ0v) is 22.4. The topological polar surface area (TPSA) is 125 Å². The van der Waals surface area contributed by atoms with E-state index in [-0.39, 0.29) is 54.8 Å². The van der Waals surface area contributed by atoms with Gasteiger partial charge in [-0.2, -0.15) is 22.0 Å². The predicted octanol–water partition coefficient (Wildman–Crippen LogP) is 6.86. The number of nitrogens with two attached hydrogens (primary N) is 2. The Bertz CT molecular complexity index is 1220. The average Bonchev–Trinajstić information content (AvgIpc) is 2.88. The fraction of sp³-hybridized carbons (Fsp3) is 0.448. The van der Waals surface area contributed by atoms with Crippen LogP contribution in [0.2, 0.25) is 0 Å². The Morgan fingerprint density at radius 1 is 1.02 bits per heavy atom. The van der Waals surface area contributed by atoms with Crippen LogP contribution in [-0.2, 0) is 16.0 Å². The molecule has 2 aromatic rings. The lowest BCUT2D eigenvalue weighted by Gasteiger charge is -2.33. The van der Waals surface area contributed by atoms with Gasteiger partial charge in [-0.1, -0.05) is 19.1 Å². The molecule has 1 aliphatic carbocycles. The number of hydrogen-bond donors (Lipinski definition) is 3. The second-order valence-electron chi connectivity index (χ2n) is 10.2. The van der Waals surface area contributed by atoms with Gasteiger partial charge in [0.05, 0.1) is 11.5 Å². The first-order valence-electron chi connectivity index (χ1n) is 13.2. The number of benzene rings is 2. The maximum Gasteiger partial charge on any atom is 0.400 e. The highest BCUT2D eigenvalue weighted by molar-refractivity contribution is 5.91. The van der Waals surface area contributed by atoms with Crippen LogP contribution in [0.3, 0.4) is 0 Å². The molecule has 1 aliphatic rings. The molecule has 2 aromatic carbocycles. The van der Waals surface area contributed by atoms with Crippen molar-refractivity contribution in [2.24, 2.45) is 11.8 Å². The Hall–Kier alpha value is -3.83. The Morgan fingerprint density at radius 2 is 1.61 bits per heavy atom. The number of carbonyl (C=O) groups excluding carboxylic acids is 1. The minimum atomic E-state index is -4.30. The highest BCUT2D eigenvalue weighted by Gasteiger charge is 2.45. The number of halogens is 5. The molecule has 0 spiro atoms. The second-order valence-corrected chi connectivity index (χ2v) is 10.2. The standard InChI is InChI=1S/C29H33F5N2O5/c1-2-21(15-23-24(35)13-19(27(38)39)14-25(23)36)40-26(37)12-7-17-5-10-22(11-6-17)41-29(33,34)20-8-3-18(4-9-20)16-28(30,31)32/h5-7,10-14,18,20-21H,2-4,8-9,15-16,35-36H2,1H3,(H,38,39). The summed E-state index contributed by atoms with van der Waals surface area (Å²) in [4.78, 5) is 23.5. The zero-order chi connectivity index (χ0) is 30.4. The van der Waals surface area contributed by atoms with Crippen molar-refractivity contribution in [3.05, 3.63) is 59.2 Å². The van der Waals surface area contributed by atoms with Crippen molar-refractivity contribution in [1.82, 2.24) is 0 Å². The number of anilines is 2. The summed E-state index contributed by atoms with van der Waals surface area (Å²) < 4.78 is 77.4. The quantitative estimate of drug-likeness (QED) is 0.114. The van der Waals surface area contributed by atoms with Crippen LogP contribution < -0.4 is 16.2 Å². The third-order valence-corrected chi connectivity index (χ3v) is 7.12. The van der Waals surface area contributed by atoms with E-state index in [2.05, 4.69) is 0 Å². The van der Waals surface area contributed by atoms with Gasteiger partial charge in [0.1, 0.15) is 11.9 Å². The van der Waals surface area contributed by atoms with Gasteiger partial charge in [-0.25, -0.2) is 9.59 Å². The lowest BCUT2D eigenvalue weighted by molar-refractivity contribution is -0.225. The number of alkyl halides is 5. The summed E-state index contributed by atoms with van der Waals surface area (Å²) in [5, 5.41) is 9.12. The number of esters is 1. The summed E-state index contributed by atoms with van der Waals surface area (Å²) in [5.74, 6) is -3.76. The van der Waals surface area contributed by atoms with E-state index in [0.717, 1.165) is 0 Å². The minimum absolute atomic E-state index is 0.0520. The highest BCUT2D eigenvalue weighted by atomic mass is 19.4. The summed E-state index contributed by atoms with van der Waals surface area (Å²) in [6.45, 7) is 1.79. The Balaban J connectivity index is 1.53. The fourth-order valence-corrected chi connectivity index (χ4v) is 4.86. The molecule has 224 valence electrons. The molecule has 1 saturated carbocycles. The van der Waals surface area contributed by atoms with Gasteiger partial charge in [0, 0.05) is 35.9 Å². The van der Waals surface area contributed by atoms with Gasteiger partial charge in [0.15, 0.2) is 0 Å². The molecule has 1 atom stereocenters. The average molecular weight is 585 g/mol. The van der Waals surface area contributed by atoms with Crippen molar-refractivity contribution in [3.8, 4) is 5.75 Å². The molecule has 0 radical (unpaired) electrons. The molecule has 0 amide bonds. The molecule has 1 fully saturated rings. The molecule has 3 rings (SSSR count). The van der Waals surface area contributed by atoms with Crippen molar-refractivity contribution >= 4 is 29.4 Å². The van der Waals surface area contributed by atoms with Crippen molar-refractivity contribution in [2.45, 2.75) is 70.3 Å². The number of ether oxygens (including phenoxy) is 2. The van der Waals surface area contributed by atoms with Crippen LogP contribution in [0.1, 0.15) is 66.9 Å². The fourth-order valence-electron chi connectivity index (χ4n) is 4.86. The van der Waals surface area contributed by atoms with Gasteiger partial charge >= 0.3 is 24.2 Å². The van der Waals surface area contributed by atoms with Gasteiger partial charge in [-0.15, -0.1) is 0 Å². The van der Waals surface area contributed by atoms with Gasteiger partial charge in [0.2, 0.25) is 0 Å². The van der Waals surface area contributed by atoms with E-state index < -0.39 is 48.6 Å². The number of carbonyl (C=O) groups is 2. The highest BCUT2D eigenvalue weighted by Crippen LogP contribution is 2.42. The van der Waals surface area contributed by atoms with E-state index in [1.165, 1.54) is 48.6 Å². The normalized spacial score (nSPS) is 18.7. The Kier molecular flexibility index (Phi) is 10.2. The van der Waals surface area contributed by atoms with E-state index in [1.807, 2.05) is 0 Å². The number of nitrogen functional groups attached to an aromatic ring is 2. The van der Waals surface area contributed by atoms with E-state index >= 15 is 0 Å². The number of aromatic carboxylic acids is 1. The lowest BCUT2D eigenvalue weighted by Crippen LogP contribution is -2.37. The maximum absolute atomic E-state index is 14.7. The number of hydrogen-bond acceptors (Lipinski definition) is 6. The Labute approximate surface area is 234 Å². The minimum Gasteiger partial charge on any atom is -0.478 e. The number of rotatable bonds is 11. The summed E-state index contributed by atoms with van der Waals surface area (Å²) in [6, 6.07) is 8.14. The van der Waals surface area contributed by atoms with Crippen LogP contribution in [0.4, 0.5) is 33.3 Å². The maximum atomic E-state index is 14.7.